The average Bonchev–Trinajstić information content (AvgIpc) is 2.97. The fourth-order valence-electron chi connectivity index (χ4n) is 3.79. The Balaban J connectivity index is 1.77. The van der Waals surface area contributed by atoms with Gasteiger partial charge in [0.25, 0.3) is 0 Å². The highest BCUT2D eigenvalue weighted by atomic mass is 16.6. The van der Waals surface area contributed by atoms with E-state index >= 15 is 0 Å². The Morgan fingerprint density at radius 3 is 2.28 bits per heavy atom. The summed E-state index contributed by atoms with van der Waals surface area (Å²) in [4.78, 5) is 26.9. The van der Waals surface area contributed by atoms with Crippen LogP contribution in [0.4, 0.5) is 4.79 Å². The molecule has 2 aromatic carbocycles. The molecule has 154 valence electrons. The van der Waals surface area contributed by atoms with Crippen molar-refractivity contribution in [1.29, 1.82) is 0 Å². The van der Waals surface area contributed by atoms with Gasteiger partial charge >= 0.3 is 6.09 Å². The lowest BCUT2D eigenvalue weighted by molar-refractivity contribution is -0.131. The highest BCUT2D eigenvalue weighted by molar-refractivity contribution is 5.95. The number of ether oxygens (including phenoxy) is 1. The number of carbonyl (C=O) groups excluding carboxylic acids is 2. The van der Waals surface area contributed by atoms with Crippen LogP contribution in [0.15, 0.2) is 54.6 Å². The molecular weight excluding hydrogens is 364 g/mol. The van der Waals surface area contributed by atoms with Gasteiger partial charge in [-0.3, -0.25) is 4.79 Å². The summed E-state index contributed by atoms with van der Waals surface area (Å²) in [6.07, 6.45) is 0.714. The second-order valence-electron chi connectivity index (χ2n) is 8.60. The van der Waals surface area contributed by atoms with E-state index in [1.54, 1.807) is 0 Å². The van der Waals surface area contributed by atoms with Crippen LogP contribution in [0.2, 0.25) is 0 Å². The highest BCUT2D eigenvalue weighted by Gasteiger charge is 2.44. The molecule has 2 amide bonds. The average molecular weight is 395 g/mol. The summed E-state index contributed by atoms with van der Waals surface area (Å²) in [6, 6.07) is 18.3. The minimum absolute atomic E-state index is 0.153. The summed E-state index contributed by atoms with van der Waals surface area (Å²) >= 11 is 0. The molecular formula is C24H30N2O3. The van der Waals surface area contributed by atoms with Gasteiger partial charge in [-0.05, 0) is 57.4 Å². The Bertz CT molecular complexity index is 841. The van der Waals surface area contributed by atoms with Gasteiger partial charge in [-0.2, -0.15) is 0 Å². The van der Waals surface area contributed by atoms with Crippen molar-refractivity contribution < 1.29 is 14.3 Å². The van der Waals surface area contributed by atoms with Crippen molar-refractivity contribution in [2.75, 3.05) is 13.6 Å². The van der Waals surface area contributed by atoms with Crippen LogP contribution in [-0.2, 0) is 16.0 Å². The first kappa shape index (κ1) is 21.1. The van der Waals surface area contributed by atoms with Gasteiger partial charge in [0, 0.05) is 12.6 Å². The molecule has 0 saturated carbocycles. The van der Waals surface area contributed by atoms with Gasteiger partial charge in [-0.1, -0.05) is 54.6 Å². The smallest absolute Gasteiger partial charge is 0.417 e. The number of nitrogens with zero attached hydrogens (tertiary/aromatic N) is 1. The van der Waals surface area contributed by atoms with E-state index in [0.29, 0.717) is 19.4 Å². The topological polar surface area (TPSA) is 58.6 Å². The minimum atomic E-state index is -0.639. The SMILES string of the molecule is CNCC1C[C@@H](Cc2ccc(-c3ccccc3)cc2)N(C(=O)OC(C)(C)C)C1=O. The molecule has 29 heavy (non-hydrogen) atoms. The third kappa shape index (κ3) is 5.24. The quantitative estimate of drug-likeness (QED) is 0.823. The molecule has 1 aliphatic rings. The molecule has 0 aromatic heterocycles. The van der Waals surface area contributed by atoms with E-state index in [4.69, 9.17) is 4.74 Å². The normalized spacial score (nSPS) is 19.4. The zero-order valence-electron chi connectivity index (χ0n) is 17.6. The monoisotopic (exact) mass is 394 g/mol. The Morgan fingerprint density at radius 1 is 1.07 bits per heavy atom. The Labute approximate surface area is 173 Å². The molecule has 5 nitrogen and oxygen atoms in total. The lowest BCUT2D eigenvalue weighted by atomic mass is 9.97. The third-order valence-electron chi connectivity index (χ3n) is 5.08. The predicted molar refractivity (Wildman–Crippen MR) is 114 cm³/mol. The summed E-state index contributed by atoms with van der Waals surface area (Å²) in [5.74, 6) is -0.361. The van der Waals surface area contributed by atoms with E-state index in [-0.39, 0.29) is 17.9 Å². The fraction of sp³-hybridized carbons (Fsp3) is 0.417. The number of hydrogen-bond donors (Lipinski definition) is 1. The number of rotatable bonds is 5. The van der Waals surface area contributed by atoms with E-state index in [1.165, 1.54) is 10.5 Å². The van der Waals surface area contributed by atoms with Crippen molar-refractivity contribution in [3.63, 3.8) is 0 Å². The van der Waals surface area contributed by atoms with Crippen LogP contribution in [0.3, 0.4) is 0 Å². The first-order chi connectivity index (χ1) is 13.8. The number of nitrogens with one attached hydrogen (secondary N) is 1. The molecule has 2 atom stereocenters. The largest absolute Gasteiger partial charge is 0.443 e. The second-order valence-corrected chi connectivity index (χ2v) is 8.60. The zero-order valence-corrected chi connectivity index (χ0v) is 17.6. The van der Waals surface area contributed by atoms with Gasteiger partial charge in [-0.15, -0.1) is 0 Å². The van der Waals surface area contributed by atoms with Crippen molar-refractivity contribution in [3.8, 4) is 11.1 Å². The molecule has 3 rings (SSSR count). The molecule has 0 bridgehead atoms. The number of benzene rings is 2. The second kappa shape index (κ2) is 8.78. The predicted octanol–water partition coefficient (Wildman–Crippen LogP) is 4.27. The summed E-state index contributed by atoms with van der Waals surface area (Å²) in [5, 5.41) is 3.06. The molecule has 5 heteroatoms. The van der Waals surface area contributed by atoms with Crippen LogP contribution < -0.4 is 5.32 Å². The first-order valence-corrected chi connectivity index (χ1v) is 10.1. The van der Waals surface area contributed by atoms with Crippen LogP contribution in [0.25, 0.3) is 11.1 Å². The molecule has 0 radical (unpaired) electrons. The molecule has 0 aliphatic carbocycles. The third-order valence-corrected chi connectivity index (χ3v) is 5.08. The van der Waals surface area contributed by atoms with Crippen LogP contribution in [-0.4, -0.2) is 42.1 Å². The summed E-state index contributed by atoms with van der Waals surface area (Å²) in [5.41, 5.74) is 2.77. The molecule has 2 aromatic rings. The van der Waals surface area contributed by atoms with Crippen LogP contribution >= 0.6 is 0 Å². The molecule has 1 heterocycles. The fourth-order valence-corrected chi connectivity index (χ4v) is 3.79. The van der Waals surface area contributed by atoms with Gasteiger partial charge in [0.2, 0.25) is 5.91 Å². The summed E-state index contributed by atoms with van der Waals surface area (Å²) < 4.78 is 5.51. The molecule has 1 fully saturated rings. The van der Waals surface area contributed by atoms with E-state index in [1.807, 2.05) is 46.0 Å². The number of hydrogen-bond acceptors (Lipinski definition) is 4. The lowest BCUT2D eigenvalue weighted by Crippen LogP contribution is -2.44. The van der Waals surface area contributed by atoms with Crippen LogP contribution in [0.5, 0.6) is 0 Å². The van der Waals surface area contributed by atoms with E-state index in [0.717, 1.165) is 11.1 Å². The van der Waals surface area contributed by atoms with Crippen molar-refractivity contribution in [3.05, 3.63) is 60.2 Å². The van der Waals surface area contributed by atoms with Gasteiger partial charge in [0.15, 0.2) is 0 Å². The van der Waals surface area contributed by atoms with Crippen LogP contribution in [0.1, 0.15) is 32.8 Å². The van der Waals surface area contributed by atoms with Crippen molar-refractivity contribution in [1.82, 2.24) is 10.2 Å². The van der Waals surface area contributed by atoms with Gasteiger partial charge < -0.3 is 10.1 Å². The minimum Gasteiger partial charge on any atom is -0.443 e. The van der Waals surface area contributed by atoms with E-state index < -0.39 is 11.7 Å². The van der Waals surface area contributed by atoms with E-state index in [2.05, 4.69) is 41.7 Å². The van der Waals surface area contributed by atoms with Gasteiger partial charge in [0.1, 0.15) is 5.60 Å². The molecule has 0 spiro atoms. The zero-order chi connectivity index (χ0) is 21.0. The maximum atomic E-state index is 12.8. The number of amides is 2. The first-order valence-electron chi connectivity index (χ1n) is 10.1. The van der Waals surface area contributed by atoms with Gasteiger partial charge in [-0.25, -0.2) is 9.69 Å². The maximum absolute atomic E-state index is 12.8. The Morgan fingerprint density at radius 2 is 1.69 bits per heavy atom. The molecule has 1 aliphatic heterocycles. The number of likely N-dealkylation sites (tertiary alicyclic amines) is 1. The molecule has 1 N–H and O–H groups in total. The molecule has 1 saturated heterocycles. The van der Waals surface area contributed by atoms with Crippen molar-refractivity contribution >= 4 is 12.0 Å². The molecule has 1 unspecified atom stereocenters. The van der Waals surface area contributed by atoms with Crippen molar-refractivity contribution in [2.24, 2.45) is 5.92 Å². The highest BCUT2D eigenvalue weighted by Crippen LogP contribution is 2.29. The lowest BCUT2D eigenvalue weighted by Gasteiger charge is -2.27. The summed E-state index contributed by atoms with van der Waals surface area (Å²) in [6.45, 7) is 6.00. The Hall–Kier alpha value is -2.66. The maximum Gasteiger partial charge on any atom is 0.417 e. The van der Waals surface area contributed by atoms with E-state index in [9.17, 15) is 9.59 Å². The van der Waals surface area contributed by atoms with Gasteiger partial charge in [0.05, 0.1) is 5.92 Å². The summed E-state index contributed by atoms with van der Waals surface area (Å²) in [7, 11) is 1.82. The standard InChI is InChI=1S/C24H30N2O3/c1-24(2,3)29-23(28)26-21(15-20(16-25-4)22(26)27)14-17-10-12-19(13-11-17)18-8-6-5-7-9-18/h5-13,20-21,25H,14-16H2,1-4H3/t20?,21-/m1/s1. The van der Waals surface area contributed by atoms with Crippen molar-refractivity contribution in [2.45, 2.75) is 45.3 Å². The Kier molecular flexibility index (Phi) is 6.38. The van der Waals surface area contributed by atoms with Crippen LogP contribution in [0, 0.1) is 5.92 Å². The number of carbonyl (C=O) groups is 2. The number of imide groups is 1.